The summed E-state index contributed by atoms with van der Waals surface area (Å²) in [6.45, 7) is 4.96. The Labute approximate surface area is 363 Å². The number of fused-ring (bicyclic) bond motifs is 6. The van der Waals surface area contributed by atoms with Crippen molar-refractivity contribution in [2.45, 2.75) is 138 Å². The van der Waals surface area contributed by atoms with Gasteiger partial charge in [-0.15, -0.1) is 0 Å². The average molecular weight is 873 g/mol. The highest BCUT2D eigenvalue weighted by Crippen LogP contribution is 2.48. The van der Waals surface area contributed by atoms with Gasteiger partial charge in [0.05, 0.1) is 22.4 Å². The summed E-state index contributed by atoms with van der Waals surface area (Å²) in [7, 11) is -4.00. The topological polar surface area (TPSA) is 186 Å². The van der Waals surface area contributed by atoms with Gasteiger partial charge in [-0.2, -0.15) is 0 Å². The van der Waals surface area contributed by atoms with Crippen molar-refractivity contribution in [3.63, 3.8) is 0 Å². The first-order chi connectivity index (χ1) is 29.9. The highest BCUT2D eigenvalue weighted by molar-refractivity contribution is 7.91. The van der Waals surface area contributed by atoms with Crippen molar-refractivity contribution in [2.75, 3.05) is 32.8 Å². The van der Waals surface area contributed by atoms with Gasteiger partial charge >= 0.3 is 6.09 Å². The summed E-state index contributed by atoms with van der Waals surface area (Å²) in [6, 6.07) is 5.68. The van der Waals surface area contributed by atoms with Crippen molar-refractivity contribution in [3.8, 4) is 11.6 Å². The molecule has 1 aromatic heterocycles. The van der Waals surface area contributed by atoms with Crippen LogP contribution in [0.2, 0.25) is 0 Å². The minimum atomic E-state index is -4.00. The molecule has 0 spiro atoms. The molecular weight excluding hydrogens is 813 g/mol. The summed E-state index contributed by atoms with van der Waals surface area (Å²) < 4.78 is 47.1. The number of hydrogen-bond acceptors (Lipinski definition) is 11. The van der Waals surface area contributed by atoms with Crippen LogP contribution in [0.25, 0.3) is 17.0 Å². The smallest absolute Gasteiger partial charge is 0.408 e. The number of carbonyl (C=O) groups is 4. The monoisotopic (exact) mass is 872 g/mol. The van der Waals surface area contributed by atoms with E-state index in [1.54, 1.807) is 6.92 Å². The lowest BCUT2D eigenvalue weighted by Crippen LogP contribution is -2.58. The number of ether oxygens (including phenoxy) is 3. The number of likely N-dealkylation sites (tertiary alicyclic amines) is 1. The third-order valence-corrected chi connectivity index (χ3v) is 16.2. The summed E-state index contributed by atoms with van der Waals surface area (Å²) in [4.78, 5) is 65.8. The minimum Gasteiger partial charge on any atom is -0.491 e. The van der Waals surface area contributed by atoms with Crippen LogP contribution in [0.3, 0.4) is 0 Å². The Bertz CT molecular complexity index is 2240. The fourth-order valence-electron chi connectivity index (χ4n) is 9.64. The Morgan fingerprint density at radius 2 is 1.79 bits per heavy atom. The summed E-state index contributed by atoms with van der Waals surface area (Å²) in [5, 5.41) is 6.66. The molecule has 3 saturated carbocycles. The van der Waals surface area contributed by atoms with Crippen molar-refractivity contribution in [3.05, 3.63) is 48.1 Å². The van der Waals surface area contributed by atoms with Gasteiger partial charge in [0, 0.05) is 24.3 Å². The van der Waals surface area contributed by atoms with Crippen LogP contribution in [-0.2, 0) is 29.1 Å². The van der Waals surface area contributed by atoms with E-state index in [9.17, 15) is 27.6 Å². The zero-order valence-electron chi connectivity index (χ0n) is 35.6. The lowest BCUT2D eigenvalue weighted by atomic mass is 10.0. The van der Waals surface area contributed by atoms with Crippen LogP contribution in [0, 0.1) is 11.8 Å². The molecular formula is C46H60N6O9S. The van der Waals surface area contributed by atoms with E-state index in [-0.39, 0.29) is 31.4 Å². The SMILES string of the molecule is CC1(S(=O)(=O)NC(=O)[C@@]23C[C@H]2/C=C\CCCCC[C@@H]2NC(=O)O[C@@H]4C[C@H]4CCC/C=C/c4c(nc5ccccc5c4OCCN4CCCC4)O[C@@H]4C[C@H](C(=O)N3)N(C4)C2=O)CC1. The molecule has 3 bridgehead atoms. The second kappa shape index (κ2) is 17.5. The first-order valence-electron chi connectivity index (χ1n) is 22.9. The number of pyridine rings is 1. The molecule has 16 heteroatoms. The van der Waals surface area contributed by atoms with Gasteiger partial charge in [-0.25, -0.2) is 18.2 Å². The molecule has 7 atom stereocenters. The second-order valence-electron chi connectivity index (χ2n) is 18.7. The van der Waals surface area contributed by atoms with Crippen molar-refractivity contribution >= 4 is 50.8 Å². The zero-order valence-corrected chi connectivity index (χ0v) is 36.5. The third kappa shape index (κ3) is 9.04. The van der Waals surface area contributed by atoms with Crippen molar-refractivity contribution in [1.82, 2.24) is 30.1 Å². The van der Waals surface area contributed by atoms with Gasteiger partial charge in [-0.05, 0) is 121 Å². The van der Waals surface area contributed by atoms with E-state index >= 15 is 0 Å². The molecule has 4 aliphatic heterocycles. The molecule has 1 aromatic carbocycles. The summed E-state index contributed by atoms with van der Waals surface area (Å²) >= 11 is 0. The number of benzene rings is 1. The predicted octanol–water partition coefficient (Wildman–Crippen LogP) is 5.13. The van der Waals surface area contributed by atoms with E-state index in [4.69, 9.17) is 19.2 Å². The Morgan fingerprint density at radius 3 is 2.61 bits per heavy atom. The molecule has 0 radical (unpaired) electrons. The van der Waals surface area contributed by atoms with Gasteiger partial charge in [0.1, 0.15) is 42.2 Å². The van der Waals surface area contributed by atoms with Gasteiger partial charge in [0.2, 0.25) is 27.7 Å². The molecule has 5 heterocycles. The summed E-state index contributed by atoms with van der Waals surface area (Å²) in [6.07, 6.45) is 16.4. The highest BCUT2D eigenvalue weighted by atomic mass is 32.2. The van der Waals surface area contributed by atoms with Crippen LogP contribution < -0.4 is 24.8 Å². The van der Waals surface area contributed by atoms with Crippen molar-refractivity contribution in [2.24, 2.45) is 11.8 Å². The van der Waals surface area contributed by atoms with Gasteiger partial charge in [0.25, 0.3) is 5.91 Å². The Kier molecular flexibility index (Phi) is 12.0. The lowest BCUT2D eigenvalue weighted by Gasteiger charge is -2.30. The number of amides is 4. The quantitative estimate of drug-likeness (QED) is 0.314. The maximum absolute atomic E-state index is 14.8. The zero-order chi connectivity index (χ0) is 43.1. The van der Waals surface area contributed by atoms with Gasteiger partial charge in [-0.3, -0.25) is 24.0 Å². The van der Waals surface area contributed by atoms with Gasteiger partial charge in [-0.1, -0.05) is 43.2 Å². The molecule has 7 aliphatic rings. The molecule has 334 valence electrons. The Morgan fingerprint density at radius 1 is 0.984 bits per heavy atom. The molecule has 9 rings (SSSR count). The molecule has 4 amide bonds. The first kappa shape index (κ1) is 42.6. The average Bonchev–Trinajstić information content (AvgIpc) is 4.19. The number of nitrogens with zero attached hydrogens (tertiary/aromatic N) is 3. The van der Waals surface area contributed by atoms with E-state index in [2.05, 4.69) is 26.3 Å². The van der Waals surface area contributed by atoms with E-state index in [1.807, 2.05) is 42.5 Å². The molecule has 5 fully saturated rings. The number of rotatable bonds is 7. The Balaban J connectivity index is 1.06. The number of alkyl carbamates (subject to hydrolysis) is 1. The minimum absolute atomic E-state index is 0.00702. The predicted molar refractivity (Wildman–Crippen MR) is 232 cm³/mol. The Hall–Kier alpha value is -4.70. The van der Waals surface area contributed by atoms with Crippen molar-refractivity contribution < 1.29 is 41.8 Å². The van der Waals surface area contributed by atoms with E-state index in [0.717, 1.165) is 63.5 Å². The fourth-order valence-corrected chi connectivity index (χ4v) is 10.9. The number of aromatic nitrogens is 1. The van der Waals surface area contributed by atoms with E-state index in [1.165, 1.54) is 17.7 Å². The molecule has 3 aliphatic carbocycles. The van der Waals surface area contributed by atoms with Crippen LogP contribution in [0.15, 0.2) is 42.5 Å². The molecule has 62 heavy (non-hydrogen) atoms. The standard InChI is InChI=1S/C46H60N6O9S/c1-45(20-21-45)62(57,58)50-43(55)46-28-31(46)15-7-3-2-4-9-19-36-42(54)52-29-32(27-37(52)40(53)49-46)60-41-34(17-8-5-6-14-30-26-38(30)61-44(56)48-36)39(33-16-10-11-18-35(33)47-41)59-25-24-51-22-12-13-23-51/h7-8,10-11,15-18,30-32,36-38H,2-6,9,12-14,19-29H2,1H3,(H,48,56)(H,49,53)(H,50,55)/b15-7-,17-8+/t30-,31-,32-,36+,37-,38-,46-/m1/s1. The molecule has 0 unspecified atom stereocenters. The fraction of sp³-hybridized carbons (Fsp3) is 0.630. The number of para-hydroxylation sites is 1. The van der Waals surface area contributed by atoms with E-state index < -0.39 is 68.2 Å². The largest absolute Gasteiger partial charge is 0.491 e. The van der Waals surface area contributed by atoms with Crippen molar-refractivity contribution in [1.29, 1.82) is 0 Å². The number of carbonyl (C=O) groups excluding carboxylic acids is 4. The summed E-state index contributed by atoms with van der Waals surface area (Å²) in [5.74, 6) is -1.07. The molecule has 2 saturated heterocycles. The highest BCUT2D eigenvalue weighted by Gasteiger charge is 2.63. The molecule has 15 nitrogen and oxygen atoms in total. The molecule has 3 N–H and O–H groups in total. The number of nitrogens with one attached hydrogen (secondary N) is 3. The lowest BCUT2D eigenvalue weighted by molar-refractivity contribution is -0.141. The maximum atomic E-state index is 14.8. The second-order valence-corrected chi connectivity index (χ2v) is 20.9. The number of hydrogen-bond donors (Lipinski definition) is 3. The molecule has 2 aromatic rings. The maximum Gasteiger partial charge on any atom is 0.408 e. The van der Waals surface area contributed by atoms with Crippen LogP contribution in [-0.4, -0.2) is 114 Å². The van der Waals surface area contributed by atoms with Crippen LogP contribution in [0.5, 0.6) is 11.6 Å². The van der Waals surface area contributed by atoms with Crippen LogP contribution in [0.1, 0.15) is 109 Å². The normalized spacial score (nSPS) is 32.4. The van der Waals surface area contributed by atoms with Crippen LogP contribution >= 0.6 is 0 Å². The first-order valence-corrected chi connectivity index (χ1v) is 24.4. The van der Waals surface area contributed by atoms with Gasteiger partial charge < -0.3 is 29.7 Å². The van der Waals surface area contributed by atoms with E-state index in [0.29, 0.717) is 61.4 Å². The van der Waals surface area contributed by atoms with Crippen LogP contribution in [0.4, 0.5) is 4.79 Å². The number of sulfonamides is 1. The summed E-state index contributed by atoms with van der Waals surface area (Å²) in [5.41, 5.74) is -0.163. The van der Waals surface area contributed by atoms with Gasteiger partial charge in [0.15, 0.2) is 0 Å². The number of allylic oxidation sites excluding steroid dienone is 2. The third-order valence-electron chi connectivity index (χ3n) is 14.1.